The Morgan fingerprint density at radius 2 is 0.773 bits per heavy atom. The summed E-state index contributed by atoms with van der Waals surface area (Å²) < 4.78 is 0. The second kappa shape index (κ2) is 16.0. The van der Waals surface area contributed by atoms with Crippen molar-refractivity contribution in [2.24, 2.45) is 0 Å². The van der Waals surface area contributed by atoms with Crippen LogP contribution in [-0.2, 0) is 57.6 Å². The third-order valence-corrected chi connectivity index (χ3v) is 6.72. The number of unbranched alkanes of at least 4 members (excludes halogenated alkanes) is 4. The van der Waals surface area contributed by atoms with Gasteiger partial charge in [0.15, 0.2) is 0 Å². The first kappa shape index (κ1) is 33.5. The molecule has 44 heavy (non-hydrogen) atoms. The molecule has 4 rings (SSSR count). The molecule has 0 bridgehead atoms. The third kappa shape index (κ3) is 9.50. The molecule has 8 amide bonds. The van der Waals surface area contributed by atoms with Crippen molar-refractivity contribution in [3.63, 3.8) is 0 Å². The van der Waals surface area contributed by atoms with E-state index in [1.165, 1.54) is 24.3 Å². The van der Waals surface area contributed by atoms with E-state index in [0.29, 0.717) is 61.7 Å². The molecule has 4 aliphatic rings. The van der Waals surface area contributed by atoms with Crippen molar-refractivity contribution in [1.82, 2.24) is 19.9 Å². The summed E-state index contributed by atoms with van der Waals surface area (Å²) >= 11 is 0. The largest absolute Gasteiger partial charge is 0.333 e. The highest BCUT2D eigenvalue weighted by Gasteiger charge is 2.33. The second-order valence-corrected chi connectivity index (χ2v) is 10.0. The van der Waals surface area contributed by atoms with Crippen LogP contribution >= 0.6 is 0 Å². The summed E-state index contributed by atoms with van der Waals surface area (Å²) in [6, 6.07) is 0. The second-order valence-electron chi connectivity index (χ2n) is 10.0. The molecular formula is C28H32N4O12. The molecule has 0 atom stereocenters. The fourth-order valence-corrected chi connectivity index (χ4v) is 4.35. The predicted molar refractivity (Wildman–Crippen MR) is 143 cm³/mol. The fraction of sp³-hybridized carbons (Fsp3) is 0.500. The Bertz CT molecular complexity index is 1140. The minimum absolute atomic E-state index is 0.0667. The van der Waals surface area contributed by atoms with Crippen LogP contribution in [0.2, 0.25) is 0 Å². The van der Waals surface area contributed by atoms with Crippen molar-refractivity contribution in [2.75, 3.05) is 13.1 Å². The van der Waals surface area contributed by atoms with E-state index < -0.39 is 35.6 Å². The van der Waals surface area contributed by atoms with Crippen LogP contribution in [0.3, 0.4) is 0 Å². The van der Waals surface area contributed by atoms with Gasteiger partial charge in [-0.2, -0.15) is 0 Å². The van der Waals surface area contributed by atoms with Gasteiger partial charge in [-0.15, -0.1) is 10.1 Å². The molecule has 0 unspecified atom stereocenters. The zero-order valence-corrected chi connectivity index (χ0v) is 23.9. The number of hydrogen-bond acceptors (Lipinski definition) is 12. The number of nitrogens with zero attached hydrogens (tertiary/aromatic N) is 4. The smallest absolute Gasteiger partial charge is 0.330 e. The molecule has 16 nitrogen and oxygen atoms in total. The van der Waals surface area contributed by atoms with E-state index in [2.05, 4.69) is 0 Å². The maximum absolute atomic E-state index is 11.5. The molecule has 236 valence electrons. The van der Waals surface area contributed by atoms with Gasteiger partial charge in [-0.25, -0.2) is 9.59 Å². The summed E-state index contributed by atoms with van der Waals surface area (Å²) in [5.41, 5.74) is 0. The molecule has 0 spiro atoms. The number of hydroxylamine groups is 4. The summed E-state index contributed by atoms with van der Waals surface area (Å²) in [7, 11) is 0. The number of carbonyl (C=O) groups is 10. The van der Waals surface area contributed by atoms with Crippen LogP contribution in [0.25, 0.3) is 0 Å². The highest BCUT2D eigenvalue weighted by atomic mass is 16.7. The van der Waals surface area contributed by atoms with Crippen LogP contribution in [0.1, 0.15) is 77.0 Å². The molecule has 4 heterocycles. The first-order valence-corrected chi connectivity index (χ1v) is 14.2. The van der Waals surface area contributed by atoms with Gasteiger partial charge in [-0.3, -0.25) is 48.2 Å². The van der Waals surface area contributed by atoms with Crippen LogP contribution in [0.4, 0.5) is 0 Å². The Kier molecular flexibility index (Phi) is 12.2. The first-order valence-electron chi connectivity index (χ1n) is 14.2. The molecule has 4 aliphatic heterocycles. The zero-order chi connectivity index (χ0) is 32.2. The molecule has 0 aromatic rings. The summed E-state index contributed by atoms with van der Waals surface area (Å²) in [5, 5.41) is 1.05. The van der Waals surface area contributed by atoms with E-state index in [1.807, 2.05) is 0 Å². The molecule has 2 saturated heterocycles. The molecule has 16 heteroatoms. The van der Waals surface area contributed by atoms with Gasteiger partial charge in [0.2, 0.25) is 0 Å². The molecular weight excluding hydrogens is 584 g/mol. The Hall–Kier alpha value is -5.02. The van der Waals surface area contributed by atoms with E-state index >= 15 is 0 Å². The predicted octanol–water partition coefficient (Wildman–Crippen LogP) is 0.158. The van der Waals surface area contributed by atoms with Gasteiger partial charge < -0.3 is 9.68 Å². The third-order valence-electron chi connectivity index (χ3n) is 6.72. The lowest BCUT2D eigenvalue weighted by atomic mass is 10.2. The Morgan fingerprint density at radius 1 is 0.477 bits per heavy atom. The number of carbonyl (C=O) groups excluding carboxylic acids is 10. The van der Waals surface area contributed by atoms with Gasteiger partial charge in [-0.05, 0) is 25.7 Å². The van der Waals surface area contributed by atoms with Crippen LogP contribution in [0, 0.1) is 0 Å². The lowest BCUT2D eigenvalue weighted by Gasteiger charge is -2.14. The van der Waals surface area contributed by atoms with Gasteiger partial charge in [0.05, 0.1) is 0 Å². The van der Waals surface area contributed by atoms with Crippen LogP contribution in [-0.4, -0.2) is 92.2 Å². The maximum Gasteiger partial charge on any atom is 0.333 e. The van der Waals surface area contributed by atoms with Crippen LogP contribution in [0.5, 0.6) is 0 Å². The van der Waals surface area contributed by atoms with Gasteiger partial charge >= 0.3 is 11.9 Å². The van der Waals surface area contributed by atoms with Crippen molar-refractivity contribution in [2.45, 2.75) is 77.0 Å². The van der Waals surface area contributed by atoms with Gasteiger partial charge in [0, 0.05) is 75.9 Å². The normalized spacial score (nSPS) is 17.8. The number of rotatable bonds is 14. The SMILES string of the molecule is O=C(CCCCCN1C(=O)C=CC1=O)ON1C(=O)CCC1=O.O=C(CCCCCN1C(=O)C=CC1=O)ON1C(=O)CCC1=O. The van der Waals surface area contributed by atoms with Gasteiger partial charge in [0.25, 0.3) is 47.3 Å². The fourth-order valence-electron chi connectivity index (χ4n) is 4.35. The van der Waals surface area contributed by atoms with Crippen molar-refractivity contribution in [3.05, 3.63) is 24.3 Å². The topological polar surface area (TPSA) is 202 Å². The average Bonchev–Trinajstić information content (AvgIpc) is 3.69. The molecule has 0 radical (unpaired) electrons. The van der Waals surface area contributed by atoms with Crippen molar-refractivity contribution < 1.29 is 57.6 Å². The van der Waals surface area contributed by atoms with Crippen molar-refractivity contribution >= 4 is 59.2 Å². The van der Waals surface area contributed by atoms with E-state index in [0.717, 1.165) is 9.80 Å². The molecule has 0 aliphatic carbocycles. The van der Waals surface area contributed by atoms with E-state index in [4.69, 9.17) is 9.68 Å². The van der Waals surface area contributed by atoms with Crippen LogP contribution in [0.15, 0.2) is 24.3 Å². The first-order chi connectivity index (χ1) is 21.0. The Morgan fingerprint density at radius 3 is 1.07 bits per heavy atom. The highest BCUT2D eigenvalue weighted by molar-refractivity contribution is 6.13. The minimum Gasteiger partial charge on any atom is -0.330 e. The molecule has 2 fully saturated rings. The lowest BCUT2D eigenvalue weighted by molar-refractivity contribution is -0.197. The molecule has 0 aromatic heterocycles. The summed E-state index contributed by atoms with van der Waals surface area (Å²) in [6.45, 7) is 0.617. The monoisotopic (exact) mass is 616 g/mol. The lowest BCUT2D eigenvalue weighted by Crippen LogP contribution is -2.32. The molecule has 0 aromatic carbocycles. The standard InChI is InChI=1S/2C14H16N2O6/c2*17-10-5-6-11(18)15(10)9-3-1-2-4-14(21)22-16-12(19)7-8-13(16)20/h2*5-6H,1-4,7-9H2. The van der Waals surface area contributed by atoms with E-state index in [9.17, 15) is 47.9 Å². The van der Waals surface area contributed by atoms with E-state index in [1.54, 1.807) is 0 Å². The van der Waals surface area contributed by atoms with Gasteiger partial charge in [-0.1, -0.05) is 12.8 Å². The minimum atomic E-state index is -0.640. The quantitative estimate of drug-likeness (QED) is 0.189. The summed E-state index contributed by atoms with van der Waals surface area (Å²) in [5.74, 6) is -4.59. The van der Waals surface area contributed by atoms with E-state index in [-0.39, 0.29) is 62.2 Å². The number of imide groups is 4. The highest BCUT2D eigenvalue weighted by Crippen LogP contribution is 2.15. The number of hydrogen-bond donors (Lipinski definition) is 0. The summed E-state index contributed by atoms with van der Waals surface area (Å²) in [6.07, 6.45) is 8.67. The number of amides is 8. The van der Waals surface area contributed by atoms with Crippen molar-refractivity contribution in [3.8, 4) is 0 Å². The molecule has 0 saturated carbocycles. The average molecular weight is 617 g/mol. The zero-order valence-electron chi connectivity index (χ0n) is 23.9. The summed E-state index contributed by atoms with van der Waals surface area (Å²) in [4.78, 5) is 125. The van der Waals surface area contributed by atoms with Crippen molar-refractivity contribution in [1.29, 1.82) is 0 Å². The maximum atomic E-state index is 11.5. The van der Waals surface area contributed by atoms with Gasteiger partial charge in [0.1, 0.15) is 0 Å². The molecule has 0 N–H and O–H groups in total. The Balaban J connectivity index is 0.000000240. The Labute approximate surface area is 251 Å². The van der Waals surface area contributed by atoms with Crippen LogP contribution < -0.4 is 0 Å².